The first-order valence-electron chi connectivity index (χ1n) is 6.95. The van der Waals surface area contributed by atoms with E-state index in [2.05, 4.69) is 0 Å². The van der Waals surface area contributed by atoms with Crippen molar-refractivity contribution in [2.24, 2.45) is 0 Å². The van der Waals surface area contributed by atoms with Gasteiger partial charge in [-0.25, -0.2) is 0 Å². The fraction of sp³-hybridized carbons (Fsp3) is 0.600. The minimum absolute atomic E-state index is 0.175. The topological polar surface area (TPSA) is 57.2 Å². The number of methoxy groups -OCH3 is 1. The predicted octanol–water partition coefficient (Wildman–Crippen LogP) is 1.56. The number of aliphatic hydroxyl groups excluding tert-OH is 1. The molecule has 0 radical (unpaired) electrons. The maximum absolute atomic E-state index is 10.6. The van der Waals surface area contributed by atoms with Crippen molar-refractivity contribution in [2.45, 2.75) is 36.1 Å². The van der Waals surface area contributed by atoms with Crippen LogP contribution in [0.15, 0.2) is 30.3 Å². The van der Waals surface area contributed by atoms with Gasteiger partial charge in [-0.1, -0.05) is 30.3 Å². The van der Waals surface area contributed by atoms with Crippen molar-refractivity contribution >= 4 is 11.8 Å². The molecule has 2 saturated heterocycles. The number of rotatable bonds is 3. The molecule has 0 aliphatic carbocycles. The van der Waals surface area contributed by atoms with Crippen molar-refractivity contribution in [1.29, 1.82) is 0 Å². The summed E-state index contributed by atoms with van der Waals surface area (Å²) in [6.07, 6.45) is -0.360. The summed E-state index contributed by atoms with van der Waals surface area (Å²) in [6, 6.07) is 9.72. The molecular weight excluding hydrogens is 292 g/mol. The Morgan fingerprint density at radius 1 is 1.24 bits per heavy atom. The Balaban J connectivity index is 1.75. The van der Waals surface area contributed by atoms with Crippen LogP contribution in [0.1, 0.15) is 11.9 Å². The highest BCUT2D eigenvalue weighted by Crippen LogP contribution is 2.37. The van der Waals surface area contributed by atoms with E-state index in [1.54, 1.807) is 7.11 Å². The highest BCUT2D eigenvalue weighted by Gasteiger charge is 2.49. The molecule has 2 aliphatic heterocycles. The molecule has 2 heterocycles. The van der Waals surface area contributed by atoms with Gasteiger partial charge in [-0.05, 0) is 6.26 Å². The molecule has 0 spiro atoms. The molecule has 2 fully saturated rings. The van der Waals surface area contributed by atoms with Gasteiger partial charge >= 0.3 is 0 Å². The lowest BCUT2D eigenvalue weighted by Gasteiger charge is -2.47. The van der Waals surface area contributed by atoms with E-state index in [1.807, 2.05) is 36.6 Å². The minimum Gasteiger partial charge on any atom is -0.389 e. The number of hydrogen-bond acceptors (Lipinski definition) is 6. The van der Waals surface area contributed by atoms with E-state index in [9.17, 15) is 5.11 Å². The van der Waals surface area contributed by atoms with Crippen molar-refractivity contribution in [3.05, 3.63) is 35.9 Å². The monoisotopic (exact) mass is 312 g/mol. The van der Waals surface area contributed by atoms with Gasteiger partial charge in [0.15, 0.2) is 12.6 Å². The van der Waals surface area contributed by atoms with Gasteiger partial charge in [0.1, 0.15) is 12.2 Å². The first-order chi connectivity index (χ1) is 10.2. The number of ether oxygens (including phenoxy) is 4. The molecule has 0 saturated carbocycles. The number of fused-ring (bicyclic) bond motifs is 1. The van der Waals surface area contributed by atoms with Crippen molar-refractivity contribution < 1.29 is 24.1 Å². The average Bonchev–Trinajstić information content (AvgIpc) is 2.55. The van der Waals surface area contributed by atoms with Crippen LogP contribution in [0, 0.1) is 0 Å². The quantitative estimate of drug-likeness (QED) is 0.914. The summed E-state index contributed by atoms with van der Waals surface area (Å²) in [5, 5.41) is 10.4. The molecular formula is C15H20O5S. The van der Waals surface area contributed by atoms with E-state index < -0.39 is 24.8 Å². The number of thioether (sulfide) groups is 1. The Hall–Kier alpha value is -0.630. The summed E-state index contributed by atoms with van der Waals surface area (Å²) in [4.78, 5) is 0. The Labute approximate surface area is 128 Å². The second-order valence-electron chi connectivity index (χ2n) is 5.15. The number of benzene rings is 1. The summed E-state index contributed by atoms with van der Waals surface area (Å²) < 4.78 is 22.8. The molecule has 1 N–H and O–H groups in total. The zero-order chi connectivity index (χ0) is 14.8. The average molecular weight is 312 g/mol. The van der Waals surface area contributed by atoms with Gasteiger partial charge in [0.2, 0.25) is 0 Å². The second kappa shape index (κ2) is 6.64. The molecule has 1 aromatic rings. The van der Waals surface area contributed by atoms with Crippen LogP contribution in [0.4, 0.5) is 0 Å². The predicted molar refractivity (Wildman–Crippen MR) is 79.0 cm³/mol. The maximum Gasteiger partial charge on any atom is 0.184 e. The minimum atomic E-state index is -0.654. The first-order valence-corrected chi connectivity index (χ1v) is 8.24. The highest BCUT2D eigenvalue weighted by molar-refractivity contribution is 7.99. The molecule has 1 aromatic carbocycles. The molecule has 5 nitrogen and oxygen atoms in total. The van der Waals surface area contributed by atoms with Crippen molar-refractivity contribution in [1.82, 2.24) is 0 Å². The molecule has 0 aromatic heterocycles. The van der Waals surface area contributed by atoms with Crippen molar-refractivity contribution in [2.75, 3.05) is 20.0 Å². The van der Waals surface area contributed by atoms with Gasteiger partial charge in [0.05, 0.1) is 18.0 Å². The van der Waals surface area contributed by atoms with Gasteiger partial charge in [-0.3, -0.25) is 0 Å². The molecule has 0 amide bonds. The zero-order valence-electron chi connectivity index (χ0n) is 12.0. The van der Waals surface area contributed by atoms with E-state index in [0.717, 1.165) is 5.56 Å². The fourth-order valence-corrected chi connectivity index (χ4v) is 3.62. The van der Waals surface area contributed by atoms with E-state index >= 15 is 0 Å². The summed E-state index contributed by atoms with van der Waals surface area (Å²) in [5.41, 5.74) is 0.942. The smallest absolute Gasteiger partial charge is 0.184 e. The van der Waals surface area contributed by atoms with Crippen molar-refractivity contribution in [3.63, 3.8) is 0 Å². The summed E-state index contributed by atoms with van der Waals surface area (Å²) in [7, 11) is 1.58. The van der Waals surface area contributed by atoms with Gasteiger partial charge in [0.25, 0.3) is 0 Å². The third-order valence-corrected chi connectivity index (χ3v) is 4.93. The fourth-order valence-electron chi connectivity index (χ4n) is 2.79. The van der Waals surface area contributed by atoms with Crippen LogP contribution in [0.5, 0.6) is 0 Å². The third kappa shape index (κ3) is 2.97. The van der Waals surface area contributed by atoms with E-state index in [-0.39, 0.29) is 11.4 Å². The molecule has 0 bridgehead atoms. The molecule has 6 heteroatoms. The highest BCUT2D eigenvalue weighted by atomic mass is 32.2. The van der Waals surface area contributed by atoms with Crippen LogP contribution < -0.4 is 0 Å². The Morgan fingerprint density at radius 2 is 2.00 bits per heavy atom. The number of aliphatic hydroxyl groups is 1. The van der Waals surface area contributed by atoms with Gasteiger partial charge in [-0.2, -0.15) is 11.8 Å². The van der Waals surface area contributed by atoms with E-state index in [0.29, 0.717) is 6.61 Å². The lowest BCUT2D eigenvalue weighted by atomic mass is 10.00. The largest absolute Gasteiger partial charge is 0.389 e. The summed E-state index contributed by atoms with van der Waals surface area (Å²) in [6.45, 7) is 0.377. The van der Waals surface area contributed by atoms with Gasteiger partial charge in [-0.15, -0.1) is 0 Å². The molecule has 21 heavy (non-hydrogen) atoms. The van der Waals surface area contributed by atoms with E-state index in [4.69, 9.17) is 18.9 Å². The first kappa shape index (κ1) is 15.3. The lowest BCUT2D eigenvalue weighted by Crippen LogP contribution is -2.61. The van der Waals surface area contributed by atoms with E-state index in [1.165, 1.54) is 11.8 Å². The maximum atomic E-state index is 10.6. The molecule has 1 unspecified atom stereocenters. The molecule has 116 valence electrons. The van der Waals surface area contributed by atoms with Gasteiger partial charge in [0, 0.05) is 12.7 Å². The van der Waals surface area contributed by atoms with Crippen LogP contribution in [-0.4, -0.2) is 54.9 Å². The van der Waals surface area contributed by atoms with Crippen LogP contribution in [0.3, 0.4) is 0 Å². The van der Waals surface area contributed by atoms with Crippen LogP contribution >= 0.6 is 11.8 Å². The van der Waals surface area contributed by atoms with Gasteiger partial charge < -0.3 is 24.1 Å². The Morgan fingerprint density at radius 3 is 2.67 bits per heavy atom. The summed E-state index contributed by atoms with van der Waals surface area (Å²) in [5.74, 6) is 0. The second-order valence-corrected chi connectivity index (χ2v) is 6.16. The van der Waals surface area contributed by atoms with Crippen LogP contribution in [0.25, 0.3) is 0 Å². The lowest BCUT2D eigenvalue weighted by molar-refractivity contribution is -0.332. The standard InChI is InChI=1S/C15H20O5S/c1-17-15-13(21-2)11(16)12-10(19-15)8-18-14(20-12)9-6-4-3-5-7-9/h3-7,10-16H,8H2,1-2H3/t10-,11+,12-,13+,14?,15+/m1/s1. The van der Waals surface area contributed by atoms with Crippen LogP contribution in [-0.2, 0) is 18.9 Å². The molecule has 3 rings (SSSR count). The van der Waals surface area contributed by atoms with Crippen molar-refractivity contribution in [3.8, 4) is 0 Å². The Kier molecular flexibility index (Phi) is 4.83. The third-order valence-electron chi connectivity index (χ3n) is 3.89. The zero-order valence-corrected chi connectivity index (χ0v) is 12.9. The molecule has 6 atom stereocenters. The SMILES string of the molecule is CO[C@H]1O[C@@H]2COC(c3ccccc3)O[C@H]2[C@H](O)[C@@H]1SC. The normalized spacial score (nSPS) is 39.8. The number of hydrogen-bond donors (Lipinski definition) is 1. The summed E-state index contributed by atoms with van der Waals surface area (Å²) >= 11 is 1.52. The Bertz CT molecular complexity index is 457. The van der Waals surface area contributed by atoms with Crippen LogP contribution in [0.2, 0.25) is 0 Å². The molecule has 2 aliphatic rings.